The van der Waals surface area contributed by atoms with Gasteiger partial charge in [0.15, 0.2) is 0 Å². The molecule has 0 radical (unpaired) electrons. The van der Waals surface area contributed by atoms with Crippen LogP contribution in [0.5, 0.6) is 0 Å². The van der Waals surface area contributed by atoms with Gasteiger partial charge in [-0.3, -0.25) is 4.98 Å². The molecule has 18 heavy (non-hydrogen) atoms. The number of hydrogen-bond donors (Lipinski definition) is 2. The first-order valence-electron chi connectivity index (χ1n) is 5.27. The van der Waals surface area contributed by atoms with Gasteiger partial charge >= 0.3 is 5.97 Å². The molecule has 6 heteroatoms. The van der Waals surface area contributed by atoms with E-state index in [1.807, 2.05) is 13.0 Å². The summed E-state index contributed by atoms with van der Waals surface area (Å²) in [5, 5.41) is 8.76. The number of anilines is 1. The molecule has 94 valence electrons. The van der Waals surface area contributed by atoms with E-state index in [2.05, 4.69) is 4.98 Å². The number of thioether (sulfide) groups is 1. The molecule has 5 nitrogen and oxygen atoms in total. The van der Waals surface area contributed by atoms with Crippen molar-refractivity contribution in [1.82, 2.24) is 4.98 Å². The van der Waals surface area contributed by atoms with Gasteiger partial charge in [-0.2, -0.15) is 0 Å². The van der Waals surface area contributed by atoms with Crippen LogP contribution >= 0.6 is 11.8 Å². The first kappa shape index (κ1) is 12.5. The smallest absolute Gasteiger partial charge is 0.371 e. The van der Waals surface area contributed by atoms with Gasteiger partial charge < -0.3 is 15.3 Å². The van der Waals surface area contributed by atoms with Crippen LogP contribution in [0.2, 0.25) is 0 Å². The van der Waals surface area contributed by atoms with Crippen molar-refractivity contribution < 1.29 is 14.3 Å². The molecule has 0 fully saturated rings. The number of hydrogen-bond acceptors (Lipinski definition) is 5. The maximum Gasteiger partial charge on any atom is 0.371 e. The number of carboxylic acids is 1. The van der Waals surface area contributed by atoms with Gasteiger partial charge in [0.05, 0.1) is 17.1 Å². The minimum absolute atomic E-state index is 0.0252. The molecule has 3 N–H and O–H groups in total. The maximum atomic E-state index is 10.7. The molecule has 0 amide bonds. The highest BCUT2D eigenvalue weighted by Gasteiger charge is 2.16. The Morgan fingerprint density at radius 3 is 2.89 bits per heavy atom. The van der Waals surface area contributed by atoms with Crippen molar-refractivity contribution in [2.75, 3.05) is 5.73 Å². The highest BCUT2D eigenvalue weighted by molar-refractivity contribution is 7.99. The molecule has 1 atom stereocenters. The van der Waals surface area contributed by atoms with Gasteiger partial charge in [-0.25, -0.2) is 4.79 Å². The first-order valence-corrected chi connectivity index (χ1v) is 6.15. The number of carboxylic acid groups (broad SMARTS) is 1. The van der Waals surface area contributed by atoms with Crippen molar-refractivity contribution in [1.29, 1.82) is 0 Å². The Kier molecular flexibility index (Phi) is 3.57. The summed E-state index contributed by atoms with van der Waals surface area (Å²) >= 11 is 1.50. The largest absolute Gasteiger partial charge is 0.475 e. The van der Waals surface area contributed by atoms with Crippen molar-refractivity contribution in [2.45, 2.75) is 17.1 Å². The lowest BCUT2D eigenvalue weighted by molar-refractivity contribution is 0.0660. The number of nitrogens with two attached hydrogens (primary N) is 1. The monoisotopic (exact) mass is 264 g/mol. The second kappa shape index (κ2) is 5.14. The molecule has 0 aliphatic carbocycles. The first-order chi connectivity index (χ1) is 8.58. The SMILES string of the molecule is CC(Sc1ccncc1N)c1ccc(C(=O)O)o1. The quantitative estimate of drug-likeness (QED) is 0.825. The summed E-state index contributed by atoms with van der Waals surface area (Å²) < 4.78 is 5.24. The number of nitrogen functional groups attached to an aromatic ring is 1. The third-order valence-corrected chi connectivity index (χ3v) is 3.56. The Hall–Kier alpha value is -1.95. The van der Waals surface area contributed by atoms with E-state index in [1.165, 1.54) is 17.8 Å². The minimum Gasteiger partial charge on any atom is -0.475 e. The molecule has 0 saturated heterocycles. The average Bonchev–Trinajstić information content (AvgIpc) is 2.81. The predicted octanol–water partition coefficient (Wildman–Crippen LogP) is 2.81. The molecule has 0 saturated carbocycles. The van der Waals surface area contributed by atoms with Crippen molar-refractivity contribution in [3.8, 4) is 0 Å². The normalized spacial score (nSPS) is 12.3. The number of aromatic carboxylic acids is 1. The van der Waals surface area contributed by atoms with Gasteiger partial charge in [-0.15, -0.1) is 11.8 Å². The summed E-state index contributed by atoms with van der Waals surface area (Å²) in [5.74, 6) is -0.518. The summed E-state index contributed by atoms with van der Waals surface area (Å²) in [6, 6.07) is 4.93. The zero-order valence-corrected chi connectivity index (χ0v) is 10.5. The van der Waals surface area contributed by atoms with E-state index in [9.17, 15) is 4.79 Å². The molecule has 0 aliphatic heterocycles. The lowest BCUT2D eigenvalue weighted by Gasteiger charge is -2.09. The van der Waals surface area contributed by atoms with E-state index >= 15 is 0 Å². The van der Waals surface area contributed by atoms with Crippen LogP contribution in [0.15, 0.2) is 39.9 Å². The van der Waals surface area contributed by atoms with E-state index in [0.717, 1.165) is 4.90 Å². The van der Waals surface area contributed by atoms with E-state index in [4.69, 9.17) is 15.3 Å². The van der Waals surface area contributed by atoms with E-state index < -0.39 is 5.97 Å². The molecular formula is C12H12N2O3S. The fourth-order valence-corrected chi connectivity index (χ4v) is 2.39. The molecule has 2 aromatic heterocycles. The second-order valence-corrected chi connectivity index (χ2v) is 5.06. The molecule has 2 rings (SSSR count). The van der Waals surface area contributed by atoms with E-state index in [0.29, 0.717) is 11.4 Å². The average molecular weight is 264 g/mol. The van der Waals surface area contributed by atoms with Crippen LogP contribution in [0.3, 0.4) is 0 Å². The third kappa shape index (κ3) is 2.65. The number of furan rings is 1. The molecule has 0 bridgehead atoms. The zero-order chi connectivity index (χ0) is 13.1. The molecule has 2 aromatic rings. The summed E-state index contributed by atoms with van der Waals surface area (Å²) in [6.07, 6.45) is 3.25. The van der Waals surface area contributed by atoms with Gasteiger partial charge in [0, 0.05) is 11.1 Å². The molecule has 0 aliphatic rings. The Bertz CT molecular complexity index is 568. The third-order valence-electron chi connectivity index (χ3n) is 2.35. The van der Waals surface area contributed by atoms with Gasteiger partial charge in [0.2, 0.25) is 5.76 Å². The Morgan fingerprint density at radius 1 is 1.50 bits per heavy atom. The van der Waals surface area contributed by atoms with Crippen molar-refractivity contribution in [3.05, 3.63) is 42.1 Å². The Labute approximate surface area is 108 Å². The van der Waals surface area contributed by atoms with Crippen LogP contribution in [0.25, 0.3) is 0 Å². The second-order valence-electron chi connectivity index (χ2n) is 3.68. The molecule has 0 aromatic carbocycles. The molecule has 0 spiro atoms. The van der Waals surface area contributed by atoms with E-state index in [-0.39, 0.29) is 11.0 Å². The number of carbonyl (C=O) groups is 1. The number of pyridine rings is 1. The molecule has 1 unspecified atom stereocenters. The van der Waals surface area contributed by atoms with Gasteiger partial charge in [-0.1, -0.05) is 0 Å². The van der Waals surface area contributed by atoms with Crippen molar-refractivity contribution in [2.24, 2.45) is 0 Å². The number of rotatable bonds is 4. The predicted molar refractivity (Wildman–Crippen MR) is 68.6 cm³/mol. The summed E-state index contributed by atoms with van der Waals surface area (Å²) in [5.41, 5.74) is 6.39. The minimum atomic E-state index is -1.07. The summed E-state index contributed by atoms with van der Waals surface area (Å²) in [7, 11) is 0. The maximum absolute atomic E-state index is 10.7. The number of nitrogens with zero attached hydrogens (tertiary/aromatic N) is 1. The van der Waals surface area contributed by atoms with Crippen molar-refractivity contribution >= 4 is 23.4 Å². The fraction of sp³-hybridized carbons (Fsp3) is 0.167. The van der Waals surface area contributed by atoms with Crippen LogP contribution in [0.1, 0.15) is 28.5 Å². The standard InChI is InChI=1S/C12H12N2O3S/c1-7(9-2-3-10(17-9)12(15)16)18-11-4-5-14-6-8(11)13/h2-7H,13H2,1H3,(H,15,16). The fourth-order valence-electron chi connectivity index (χ4n) is 1.44. The van der Waals surface area contributed by atoms with Gasteiger partial charge in [-0.05, 0) is 25.1 Å². The van der Waals surface area contributed by atoms with Crippen LogP contribution in [-0.4, -0.2) is 16.1 Å². The van der Waals surface area contributed by atoms with Crippen molar-refractivity contribution in [3.63, 3.8) is 0 Å². The van der Waals surface area contributed by atoms with Crippen LogP contribution in [-0.2, 0) is 0 Å². The highest BCUT2D eigenvalue weighted by atomic mass is 32.2. The summed E-state index contributed by atoms with van der Waals surface area (Å²) in [6.45, 7) is 1.93. The Morgan fingerprint density at radius 2 is 2.28 bits per heavy atom. The van der Waals surface area contributed by atoms with Gasteiger partial charge in [0.1, 0.15) is 5.76 Å². The highest BCUT2D eigenvalue weighted by Crippen LogP contribution is 2.37. The Balaban J connectivity index is 2.14. The van der Waals surface area contributed by atoms with Gasteiger partial charge in [0.25, 0.3) is 0 Å². The molecular weight excluding hydrogens is 252 g/mol. The molecule has 2 heterocycles. The van der Waals surface area contributed by atoms with Crippen LogP contribution < -0.4 is 5.73 Å². The lowest BCUT2D eigenvalue weighted by Crippen LogP contribution is -1.93. The lowest BCUT2D eigenvalue weighted by atomic mass is 10.3. The zero-order valence-electron chi connectivity index (χ0n) is 9.66. The summed E-state index contributed by atoms with van der Waals surface area (Å²) in [4.78, 5) is 15.5. The topological polar surface area (TPSA) is 89.3 Å². The van der Waals surface area contributed by atoms with Crippen LogP contribution in [0.4, 0.5) is 5.69 Å². The number of aromatic nitrogens is 1. The van der Waals surface area contributed by atoms with Crippen LogP contribution in [0, 0.1) is 0 Å². The van der Waals surface area contributed by atoms with E-state index in [1.54, 1.807) is 18.5 Å².